The van der Waals surface area contributed by atoms with E-state index in [-0.39, 0.29) is 5.92 Å². The van der Waals surface area contributed by atoms with E-state index in [1.54, 1.807) is 0 Å². The van der Waals surface area contributed by atoms with E-state index in [0.29, 0.717) is 18.4 Å². The Hall–Kier alpha value is -3.00. The number of likely N-dealkylation sites (tertiary alicyclic amines) is 1. The number of amides is 1. The Morgan fingerprint density at radius 2 is 1.90 bits per heavy atom. The van der Waals surface area contributed by atoms with Crippen LogP contribution in [0.1, 0.15) is 50.0 Å². The van der Waals surface area contributed by atoms with Gasteiger partial charge in [-0.25, -0.2) is 0 Å². The third kappa shape index (κ3) is 3.76. The molecule has 160 valence electrons. The van der Waals surface area contributed by atoms with Gasteiger partial charge in [0.05, 0.1) is 11.6 Å². The monoisotopic (exact) mass is 414 g/mol. The number of aromatic nitrogens is 1. The minimum atomic E-state index is 0.282. The molecule has 31 heavy (non-hydrogen) atoms. The highest BCUT2D eigenvalue weighted by molar-refractivity contribution is 5.88. The lowest BCUT2D eigenvalue weighted by Crippen LogP contribution is -2.40. The summed E-state index contributed by atoms with van der Waals surface area (Å²) in [6, 6.07) is 8.85. The van der Waals surface area contributed by atoms with Gasteiger partial charge in [-0.2, -0.15) is 5.26 Å². The highest BCUT2D eigenvalue weighted by atomic mass is 16.2. The van der Waals surface area contributed by atoms with Crippen LogP contribution in [0.25, 0.3) is 10.9 Å². The molecule has 1 aliphatic carbocycles. The summed E-state index contributed by atoms with van der Waals surface area (Å²) in [6.45, 7) is 2.48. The molecule has 2 aliphatic heterocycles. The van der Waals surface area contributed by atoms with E-state index in [2.05, 4.69) is 51.9 Å². The molecule has 0 atom stereocenters. The summed E-state index contributed by atoms with van der Waals surface area (Å²) in [6.07, 6.45) is 14.8. The molecule has 0 spiro atoms. The van der Waals surface area contributed by atoms with Gasteiger partial charge in [-0.3, -0.25) is 4.79 Å². The number of allylic oxidation sites excluding steroid dienone is 2. The van der Waals surface area contributed by atoms with Crippen LogP contribution < -0.4 is 4.90 Å². The van der Waals surface area contributed by atoms with Crippen molar-refractivity contribution in [1.29, 1.82) is 5.26 Å². The zero-order valence-corrected chi connectivity index (χ0v) is 18.3. The number of hydrogen-bond acceptors (Lipinski definition) is 3. The molecule has 0 bridgehead atoms. The summed E-state index contributed by atoms with van der Waals surface area (Å²) in [5.41, 5.74) is 4.52. The van der Waals surface area contributed by atoms with Crippen molar-refractivity contribution in [2.24, 2.45) is 13.0 Å². The summed E-state index contributed by atoms with van der Waals surface area (Å²) in [7, 11) is 2.12. The molecule has 1 amide bonds. The summed E-state index contributed by atoms with van der Waals surface area (Å²) < 4.78 is 2.23. The van der Waals surface area contributed by atoms with Crippen LogP contribution in [-0.4, -0.2) is 35.0 Å². The van der Waals surface area contributed by atoms with Crippen molar-refractivity contribution in [2.75, 3.05) is 24.5 Å². The second kappa shape index (κ2) is 8.26. The van der Waals surface area contributed by atoms with Gasteiger partial charge in [-0.1, -0.05) is 12.8 Å². The average molecular weight is 415 g/mol. The fourth-order valence-electron chi connectivity index (χ4n) is 5.53. The maximum atomic E-state index is 12.8. The Labute approximate surface area is 184 Å². The van der Waals surface area contributed by atoms with Gasteiger partial charge in [0.15, 0.2) is 0 Å². The number of nitriles is 1. The van der Waals surface area contributed by atoms with Crippen LogP contribution in [0.15, 0.2) is 48.3 Å². The van der Waals surface area contributed by atoms with E-state index in [0.717, 1.165) is 50.0 Å². The molecule has 1 saturated carbocycles. The van der Waals surface area contributed by atoms with E-state index < -0.39 is 0 Å². The Morgan fingerprint density at radius 1 is 1.13 bits per heavy atom. The summed E-state index contributed by atoms with van der Waals surface area (Å²) >= 11 is 0. The normalized spacial score (nSPS) is 20.3. The minimum absolute atomic E-state index is 0.282. The first kappa shape index (κ1) is 19.9. The first-order chi connectivity index (χ1) is 15.1. The topological polar surface area (TPSA) is 52.3 Å². The number of aryl methyl sites for hydroxylation is 1. The lowest BCUT2D eigenvalue weighted by molar-refractivity contribution is -0.136. The SMILES string of the molecule is Cn1cc(C2CCN(C(=O)C3CCCC3)CC2)c2cc(N3C=CC(C#N)=CC3)ccc21. The Morgan fingerprint density at radius 3 is 2.58 bits per heavy atom. The van der Waals surface area contributed by atoms with Crippen LogP contribution >= 0.6 is 0 Å². The molecule has 1 aromatic heterocycles. The number of carbonyl (C=O) groups is 1. The molecular weight excluding hydrogens is 384 g/mol. The van der Waals surface area contributed by atoms with Crippen molar-refractivity contribution >= 4 is 22.5 Å². The smallest absolute Gasteiger partial charge is 0.225 e. The zero-order valence-electron chi connectivity index (χ0n) is 18.3. The van der Waals surface area contributed by atoms with Gasteiger partial charge in [0.2, 0.25) is 5.91 Å². The third-order valence-electron chi connectivity index (χ3n) is 7.36. The number of hydrogen-bond donors (Lipinski definition) is 0. The molecule has 1 saturated heterocycles. The molecule has 2 aromatic rings. The molecule has 5 nitrogen and oxygen atoms in total. The largest absolute Gasteiger partial charge is 0.350 e. The van der Waals surface area contributed by atoms with Gasteiger partial charge in [0, 0.05) is 61.6 Å². The van der Waals surface area contributed by atoms with Crippen molar-refractivity contribution in [3.8, 4) is 6.07 Å². The fraction of sp³-hybridized carbons (Fsp3) is 0.462. The fourth-order valence-corrected chi connectivity index (χ4v) is 5.53. The molecule has 3 heterocycles. The number of anilines is 1. The number of rotatable bonds is 3. The van der Waals surface area contributed by atoms with Gasteiger partial charge < -0.3 is 14.4 Å². The van der Waals surface area contributed by atoms with E-state index in [4.69, 9.17) is 5.26 Å². The highest BCUT2D eigenvalue weighted by Gasteiger charge is 2.31. The summed E-state index contributed by atoms with van der Waals surface area (Å²) in [5, 5.41) is 10.4. The second-order valence-corrected chi connectivity index (χ2v) is 9.22. The Kier molecular flexibility index (Phi) is 5.31. The number of piperidine rings is 1. The van der Waals surface area contributed by atoms with E-state index >= 15 is 0 Å². The van der Waals surface area contributed by atoms with Crippen LogP contribution in [0.5, 0.6) is 0 Å². The molecule has 5 rings (SSSR count). The molecule has 0 radical (unpaired) electrons. The standard InChI is InChI=1S/C26H30N4O/c1-28-18-24(20-10-14-30(15-11-20)26(31)21-4-2-3-5-21)23-16-22(6-7-25(23)28)29-12-8-19(17-27)9-13-29/h6-9,12,16,18,20-21H,2-5,10-11,13-15H2,1H3. The first-order valence-corrected chi connectivity index (χ1v) is 11.6. The lowest BCUT2D eigenvalue weighted by Gasteiger charge is -2.33. The van der Waals surface area contributed by atoms with Crippen molar-refractivity contribution < 1.29 is 4.79 Å². The summed E-state index contributed by atoms with van der Waals surface area (Å²) in [4.78, 5) is 17.1. The van der Waals surface area contributed by atoms with Gasteiger partial charge in [-0.15, -0.1) is 0 Å². The maximum absolute atomic E-state index is 12.8. The van der Waals surface area contributed by atoms with Crippen LogP contribution in [0.3, 0.4) is 0 Å². The lowest BCUT2D eigenvalue weighted by atomic mass is 9.88. The van der Waals surface area contributed by atoms with Gasteiger partial charge in [0.25, 0.3) is 0 Å². The van der Waals surface area contributed by atoms with Crippen LogP contribution in [-0.2, 0) is 11.8 Å². The third-order valence-corrected chi connectivity index (χ3v) is 7.36. The molecule has 1 aromatic carbocycles. The predicted octanol–water partition coefficient (Wildman–Crippen LogP) is 4.86. The van der Waals surface area contributed by atoms with Gasteiger partial charge >= 0.3 is 0 Å². The number of fused-ring (bicyclic) bond motifs is 1. The van der Waals surface area contributed by atoms with Crippen molar-refractivity contribution in [3.63, 3.8) is 0 Å². The molecule has 0 N–H and O–H groups in total. The quantitative estimate of drug-likeness (QED) is 0.721. The highest BCUT2D eigenvalue weighted by Crippen LogP contribution is 2.37. The Balaban J connectivity index is 1.34. The molecule has 2 fully saturated rings. The van der Waals surface area contributed by atoms with Gasteiger partial charge in [-0.05, 0) is 67.5 Å². The first-order valence-electron chi connectivity index (χ1n) is 11.6. The maximum Gasteiger partial charge on any atom is 0.225 e. The number of nitrogens with zero attached hydrogens (tertiary/aromatic N) is 4. The number of benzene rings is 1. The van der Waals surface area contributed by atoms with Crippen molar-refractivity contribution in [3.05, 3.63) is 53.9 Å². The predicted molar refractivity (Wildman–Crippen MR) is 124 cm³/mol. The summed E-state index contributed by atoms with van der Waals surface area (Å²) in [5.74, 6) is 1.18. The molecule has 0 unspecified atom stereocenters. The second-order valence-electron chi connectivity index (χ2n) is 9.22. The molecular formula is C26H30N4O. The molecule has 5 heteroatoms. The van der Waals surface area contributed by atoms with Crippen molar-refractivity contribution in [2.45, 2.75) is 44.4 Å². The minimum Gasteiger partial charge on any atom is -0.350 e. The van der Waals surface area contributed by atoms with Crippen LogP contribution in [0.4, 0.5) is 5.69 Å². The van der Waals surface area contributed by atoms with Gasteiger partial charge in [0.1, 0.15) is 0 Å². The zero-order chi connectivity index (χ0) is 21.4. The van der Waals surface area contributed by atoms with Crippen LogP contribution in [0, 0.1) is 17.2 Å². The van der Waals surface area contributed by atoms with E-state index in [1.807, 2.05) is 18.4 Å². The van der Waals surface area contributed by atoms with Crippen molar-refractivity contribution in [1.82, 2.24) is 9.47 Å². The average Bonchev–Trinajstić information content (AvgIpc) is 3.47. The van der Waals surface area contributed by atoms with Crippen LogP contribution in [0.2, 0.25) is 0 Å². The van der Waals surface area contributed by atoms with E-state index in [9.17, 15) is 4.79 Å². The van der Waals surface area contributed by atoms with E-state index in [1.165, 1.54) is 29.3 Å². The number of carbonyl (C=O) groups excluding carboxylic acids is 1. The Bertz CT molecular complexity index is 1090. The molecule has 3 aliphatic rings.